The third kappa shape index (κ3) is 4.99. The van der Waals surface area contributed by atoms with E-state index in [1.54, 1.807) is 24.3 Å². The molecule has 1 aromatic carbocycles. The second-order valence-electron chi connectivity index (χ2n) is 2.72. The molecule has 0 saturated heterocycles. The number of para-hydroxylation sites is 2. The van der Waals surface area contributed by atoms with Crippen LogP contribution in [0, 0.1) is 0 Å². The van der Waals surface area contributed by atoms with E-state index in [2.05, 4.69) is 10.6 Å². The summed E-state index contributed by atoms with van der Waals surface area (Å²) in [6, 6.07) is 6.14. The zero-order chi connectivity index (χ0) is 12.6. The SMILES string of the molecule is CC.CC(=O)Nc1ccccc1NC(N)=O. The van der Waals surface area contributed by atoms with Crippen molar-refractivity contribution < 1.29 is 9.59 Å². The van der Waals surface area contributed by atoms with Crippen molar-refractivity contribution in [1.82, 2.24) is 0 Å². The Morgan fingerprint density at radius 3 is 1.88 bits per heavy atom. The average Bonchev–Trinajstić information content (AvgIpc) is 2.22. The monoisotopic (exact) mass is 223 g/mol. The second-order valence-corrected chi connectivity index (χ2v) is 2.72. The maximum atomic E-state index is 10.8. The molecule has 0 aliphatic heterocycles. The standard InChI is InChI=1S/C9H11N3O2.C2H6/c1-6(13)11-7-4-2-3-5-8(7)12-9(10)14;1-2/h2-5H,1H3,(H,11,13)(H3,10,12,14);1-2H3. The Hall–Kier alpha value is -2.04. The van der Waals surface area contributed by atoms with E-state index in [9.17, 15) is 9.59 Å². The molecule has 0 aliphatic rings. The van der Waals surface area contributed by atoms with Crippen LogP contribution in [-0.2, 0) is 4.79 Å². The zero-order valence-corrected chi connectivity index (χ0v) is 9.70. The summed E-state index contributed by atoms with van der Waals surface area (Å²) in [6.07, 6.45) is 0. The summed E-state index contributed by atoms with van der Waals surface area (Å²) >= 11 is 0. The van der Waals surface area contributed by atoms with Gasteiger partial charge in [0.05, 0.1) is 11.4 Å². The van der Waals surface area contributed by atoms with Gasteiger partial charge >= 0.3 is 6.03 Å². The van der Waals surface area contributed by atoms with Crippen LogP contribution >= 0.6 is 0 Å². The molecule has 0 heterocycles. The Bertz CT molecular complexity index is 329. The minimum Gasteiger partial charge on any atom is -0.351 e. The quantitative estimate of drug-likeness (QED) is 0.717. The van der Waals surface area contributed by atoms with Crippen molar-refractivity contribution in [3.63, 3.8) is 0 Å². The van der Waals surface area contributed by atoms with Gasteiger partial charge in [-0.15, -0.1) is 0 Å². The predicted molar refractivity (Wildman–Crippen MR) is 65.3 cm³/mol. The van der Waals surface area contributed by atoms with Crippen molar-refractivity contribution >= 4 is 23.3 Å². The van der Waals surface area contributed by atoms with Gasteiger partial charge in [0.15, 0.2) is 0 Å². The summed E-state index contributed by atoms with van der Waals surface area (Å²) in [5.41, 5.74) is 5.97. The van der Waals surface area contributed by atoms with Crippen LogP contribution in [0.2, 0.25) is 0 Å². The van der Waals surface area contributed by atoms with Gasteiger partial charge in [0.25, 0.3) is 0 Å². The average molecular weight is 223 g/mol. The van der Waals surface area contributed by atoms with E-state index >= 15 is 0 Å². The fourth-order valence-corrected chi connectivity index (χ4v) is 1.02. The minimum absolute atomic E-state index is 0.205. The van der Waals surface area contributed by atoms with Gasteiger partial charge in [0.1, 0.15) is 0 Å². The lowest BCUT2D eigenvalue weighted by atomic mass is 10.2. The molecule has 1 rings (SSSR count). The summed E-state index contributed by atoms with van der Waals surface area (Å²) in [5, 5.41) is 4.97. The molecular formula is C11H17N3O2. The van der Waals surface area contributed by atoms with E-state index in [0.29, 0.717) is 11.4 Å². The number of primary amides is 1. The third-order valence-corrected chi connectivity index (χ3v) is 1.50. The number of rotatable bonds is 2. The molecule has 0 radical (unpaired) electrons. The second kappa shape index (κ2) is 7.28. The molecule has 3 amide bonds. The number of nitrogens with one attached hydrogen (secondary N) is 2. The summed E-state index contributed by atoms with van der Waals surface area (Å²) < 4.78 is 0. The van der Waals surface area contributed by atoms with Crippen LogP contribution < -0.4 is 16.4 Å². The molecule has 0 bridgehead atoms. The van der Waals surface area contributed by atoms with Gasteiger partial charge in [-0.2, -0.15) is 0 Å². The van der Waals surface area contributed by atoms with Gasteiger partial charge in [-0.1, -0.05) is 26.0 Å². The molecule has 5 heteroatoms. The van der Waals surface area contributed by atoms with Crippen LogP contribution in [-0.4, -0.2) is 11.9 Å². The first-order chi connectivity index (χ1) is 7.59. The smallest absolute Gasteiger partial charge is 0.316 e. The van der Waals surface area contributed by atoms with Crippen molar-refractivity contribution in [1.29, 1.82) is 0 Å². The van der Waals surface area contributed by atoms with Crippen LogP contribution in [0.4, 0.5) is 16.2 Å². The van der Waals surface area contributed by atoms with E-state index in [0.717, 1.165) is 0 Å². The fourth-order valence-electron chi connectivity index (χ4n) is 1.02. The van der Waals surface area contributed by atoms with E-state index in [1.165, 1.54) is 6.92 Å². The van der Waals surface area contributed by atoms with E-state index in [-0.39, 0.29) is 5.91 Å². The van der Waals surface area contributed by atoms with Crippen molar-refractivity contribution in [2.75, 3.05) is 10.6 Å². The highest BCUT2D eigenvalue weighted by atomic mass is 16.2. The lowest BCUT2D eigenvalue weighted by Gasteiger charge is -2.08. The molecule has 0 atom stereocenters. The van der Waals surface area contributed by atoms with Crippen LogP contribution in [0.25, 0.3) is 0 Å². The van der Waals surface area contributed by atoms with Gasteiger partial charge in [-0.05, 0) is 12.1 Å². The van der Waals surface area contributed by atoms with Crippen molar-refractivity contribution in [2.45, 2.75) is 20.8 Å². The number of carbonyl (C=O) groups is 2. The first-order valence-corrected chi connectivity index (χ1v) is 5.02. The Kier molecular flexibility index (Phi) is 6.35. The zero-order valence-electron chi connectivity index (χ0n) is 9.70. The molecule has 0 spiro atoms. The van der Waals surface area contributed by atoms with Gasteiger partial charge in [0, 0.05) is 6.92 Å². The number of hydrogen-bond donors (Lipinski definition) is 3. The normalized spacial score (nSPS) is 8.44. The summed E-state index contributed by atoms with van der Waals surface area (Å²) in [5.74, 6) is -0.205. The molecule has 88 valence electrons. The maximum absolute atomic E-state index is 10.8. The number of anilines is 2. The highest BCUT2D eigenvalue weighted by Gasteiger charge is 2.03. The Balaban J connectivity index is 0.00000106. The molecule has 0 aromatic heterocycles. The van der Waals surface area contributed by atoms with Gasteiger partial charge in [-0.25, -0.2) is 4.79 Å². The molecule has 0 unspecified atom stereocenters. The third-order valence-electron chi connectivity index (χ3n) is 1.50. The molecule has 0 fully saturated rings. The highest BCUT2D eigenvalue weighted by molar-refractivity contribution is 5.97. The van der Waals surface area contributed by atoms with E-state index < -0.39 is 6.03 Å². The summed E-state index contributed by atoms with van der Waals surface area (Å²) in [7, 11) is 0. The minimum atomic E-state index is -0.664. The highest BCUT2D eigenvalue weighted by Crippen LogP contribution is 2.20. The van der Waals surface area contributed by atoms with Gasteiger partial charge in [0.2, 0.25) is 5.91 Å². The lowest BCUT2D eigenvalue weighted by Crippen LogP contribution is -2.20. The van der Waals surface area contributed by atoms with Crippen molar-refractivity contribution in [3.05, 3.63) is 24.3 Å². The van der Waals surface area contributed by atoms with Crippen molar-refractivity contribution in [2.24, 2.45) is 5.73 Å². The molecule has 16 heavy (non-hydrogen) atoms. The van der Waals surface area contributed by atoms with E-state index in [4.69, 9.17) is 5.73 Å². The summed E-state index contributed by atoms with van der Waals surface area (Å²) in [4.78, 5) is 21.4. The predicted octanol–water partition coefficient (Wildman–Crippen LogP) is 2.16. The molecule has 0 saturated carbocycles. The largest absolute Gasteiger partial charge is 0.351 e. The summed E-state index contributed by atoms with van der Waals surface area (Å²) in [6.45, 7) is 5.39. The number of benzene rings is 1. The fraction of sp³-hybridized carbons (Fsp3) is 0.273. The first-order valence-electron chi connectivity index (χ1n) is 5.02. The maximum Gasteiger partial charge on any atom is 0.316 e. The Labute approximate surface area is 95.0 Å². The number of urea groups is 1. The first kappa shape index (κ1) is 14.0. The number of carbonyl (C=O) groups excluding carboxylic acids is 2. The topological polar surface area (TPSA) is 84.2 Å². The lowest BCUT2D eigenvalue weighted by molar-refractivity contribution is -0.114. The van der Waals surface area contributed by atoms with Gasteiger partial charge < -0.3 is 16.4 Å². The molecule has 5 nitrogen and oxygen atoms in total. The Morgan fingerprint density at radius 2 is 1.50 bits per heavy atom. The Morgan fingerprint density at radius 1 is 1.06 bits per heavy atom. The van der Waals surface area contributed by atoms with Crippen molar-refractivity contribution in [3.8, 4) is 0 Å². The number of amides is 3. The van der Waals surface area contributed by atoms with Gasteiger partial charge in [-0.3, -0.25) is 4.79 Å². The molecular weight excluding hydrogens is 206 g/mol. The van der Waals surface area contributed by atoms with Crippen LogP contribution in [0.1, 0.15) is 20.8 Å². The van der Waals surface area contributed by atoms with E-state index in [1.807, 2.05) is 13.8 Å². The number of hydrogen-bond acceptors (Lipinski definition) is 2. The molecule has 0 aliphatic carbocycles. The molecule has 1 aromatic rings. The number of nitrogens with two attached hydrogens (primary N) is 1. The molecule has 4 N–H and O–H groups in total. The van der Waals surface area contributed by atoms with Crippen LogP contribution in [0.15, 0.2) is 24.3 Å². The van der Waals surface area contributed by atoms with Crippen LogP contribution in [0.5, 0.6) is 0 Å². The van der Waals surface area contributed by atoms with Crippen LogP contribution in [0.3, 0.4) is 0 Å².